The molecule has 0 amide bonds. The fourth-order valence-corrected chi connectivity index (χ4v) is 2.93. The number of anilines is 1. The van der Waals surface area contributed by atoms with E-state index in [0.717, 1.165) is 22.4 Å². The van der Waals surface area contributed by atoms with Crippen molar-refractivity contribution in [1.82, 2.24) is 15.1 Å². The van der Waals surface area contributed by atoms with Crippen LogP contribution in [0.3, 0.4) is 0 Å². The second-order valence-corrected chi connectivity index (χ2v) is 6.34. The number of methoxy groups -OCH3 is 2. The van der Waals surface area contributed by atoms with Gasteiger partial charge in [0.05, 0.1) is 43.7 Å². The zero-order valence-electron chi connectivity index (χ0n) is 16.3. The molecular weight excluding hydrogens is 372 g/mol. The van der Waals surface area contributed by atoms with Crippen molar-refractivity contribution in [2.24, 2.45) is 0 Å². The molecule has 0 saturated heterocycles. The van der Waals surface area contributed by atoms with Gasteiger partial charge in [0.25, 0.3) is 0 Å². The highest BCUT2D eigenvalue weighted by Crippen LogP contribution is 2.32. The Morgan fingerprint density at radius 1 is 1.07 bits per heavy atom. The third-order valence-electron chi connectivity index (χ3n) is 4.38. The highest BCUT2D eigenvalue weighted by molar-refractivity contribution is 5.77. The summed E-state index contributed by atoms with van der Waals surface area (Å²) >= 11 is 0. The Bertz CT molecular complexity index is 1110. The van der Waals surface area contributed by atoms with Gasteiger partial charge in [0.1, 0.15) is 0 Å². The molecule has 1 N–H and O–H groups in total. The molecule has 0 aliphatic rings. The second kappa shape index (κ2) is 8.05. The smallest absolute Gasteiger partial charge is 0.223 e. The van der Waals surface area contributed by atoms with E-state index in [1.165, 1.54) is 0 Å². The van der Waals surface area contributed by atoms with E-state index in [2.05, 4.69) is 20.4 Å². The third kappa shape index (κ3) is 3.91. The summed E-state index contributed by atoms with van der Waals surface area (Å²) in [5.74, 6) is 2.44. The van der Waals surface area contributed by atoms with Gasteiger partial charge in [0.2, 0.25) is 5.95 Å². The van der Waals surface area contributed by atoms with Crippen molar-refractivity contribution >= 4 is 5.95 Å². The van der Waals surface area contributed by atoms with Crippen LogP contribution in [-0.2, 0) is 6.54 Å². The molecule has 0 saturated carbocycles. The molecule has 4 aromatic rings. The number of ether oxygens (including phenoxy) is 2. The molecule has 148 valence electrons. The maximum atomic E-state index is 5.40. The number of hydrogen-bond donors (Lipinski definition) is 1. The fraction of sp³-hybridized carbons (Fsp3) is 0.190. The van der Waals surface area contributed by atoms with Crippen molar-refractivity contribution in [3.05, 3.63) is 60.3 Å². The van der Waals surface area contributed by atoms with Crippen LogP contribution in [0.15, 0.2) is 58.0 Å². The zero-order chi connectivity index (χ0) is 20.2. The molecular formula is C21H20N4O4. The molecule has 29 heavy (non-hydrogen) atoms. The quantitative estimate of drug-likeness (QED) is 0.496. The van der Waals surface area contributed by atoms with Crippen LogP contribution in [0.1, 0.15) is 11.3 Å². The first kappa shape index (κ1) is 18.5. The molecule has 3 aromatic heterocycles. The van der Waals surface area contributed by atoms with Gasteiger partial charge in [-0.3, -0.25) is 0 Å². The van der Waals surface area contributed by atoms with Crippen LogP contribution in [0.4, 0.5) is 5.95 Å². The highest BCUT2D eigenvalue weighted by Gasteiger charge is 2.16. The van der Waals surface area contributed by atoms with Crippen LogP contribution in [0.2, 0.25) is 0 Å². The van der Waals surface area contributed by atoms with Gasteiger partial charge in [-0.1, -0.05) is 11.2 Å². The molecule has 0 unspecified atom stereocenters. The van der Waals surface area contributed by atoms with Crippen molar-refractivity contribution in [3.8, 4) is 34.1 Å². The Morgan fingerprint density at radius 2 is 1.93 bits per heavy atom. The summed E-state index contributed by atoms with van der Waals surface area (Å²) in [5, 5.41) is 7.19. The van der Waals surface area contributed by atoms with Crippen LogP contribution in [0, 0.1) is 6.92 Å². The van der Waals surface area contributed by atoms with Crippen molar-refractivity contribution in [2.45, 2.75) is 13.5 Å². The number of benzene rings is 1. The summed E-state index contributed by atoms with van der Waals surface area (Å²) in [5.41, 5.74) is 4.05. The molecule has 3 heterocycles. The van der Waals surface area contributed by atoms with Crippen molar-refractivity contribution in [1.29, 1.82) is 0 Å². The number of furan rings is 1. The third-order valence-corrected chi connectivity index (χ3v) is 4.38. The number of nitrogens with one attached hydrogen (secondary N) is 1. The number of aryl methyl sites for hydroxylation is 1. The van der Waals surface area contributed by atoms with E-state index >= 15 is 0 Å². The van der Waals surface area contributed by atoms with Gasteiger partial charge >= 0.3 is 0 Å². The SMILES string of the molecule is COc1ccc(CNc2ncc(-c3cc(C)no3)c(-c3ccoc3)n2)cc1OC. The second-order valence-electron chi connectivity index (χ2n) is 6.34. The number of hydrogen-bond acceptors (Lipinski definition) is 8. The standard InChI is InChI=1S/C21H20N4O4/c1-13-8-18(29-25-13)16-11-23-21(24-20(16)15-6-7-28-12-15)22-10-14-4-5-17(26-2)19(9-14)27-3/h4-9,11-12H,10H2,1-3H3,(H,22,23,24). The Labute approximate surface area is 167 Å². The molecule has 0 bridgehead atoms. The minimum Gasteiger partial charge on any atom is -0.493 e. The summed E-state index contributed by atoms with van der Waals surface area (Å²) in [6.45, 7) is 2.39. The average molecular weight is 392 g/mol. The summed E-state index contributed by atoms with van der Waals surface area (Å²) in [7, 11) is 3.22. The predicted octanol–water partition coefficient (Wildman–Crippen LogP) is 4.33. The van der Waals surface area contributed by atoms with Gasteiger partial charge in [-0.2, -0.15) is 0 Å². The Balaban J connectivity index is 1.61. The Hall–Kier alpha value is -3.81. The first-order valence-corrected chi connectivity index (χ1v) is 8.96. The summed E-state index contributed by atoms with van der Waals surface area (Å²) < 4.78 is 21.3. The summed E-state index contributed by atoms with van der Waals surface area (Å²) in [6, 6.07) is 9.42. The largest absolute Gasteiger partial charge is 0.493 e. The van der Waals surface area contributed by atoms with Gasteiger partial charge in [0, 0.05) is 24.4 Å². The van der Waals surface area contributed by atoms with Crippen LogP contribution in [0.25, 0.3) is 22.6 Å². The first-order valence-electron chi connectivity index (χ1n) is 8.96. The molecule has 0 radical (unpaired) electrons. The van der Waals surface area contributed by atoms with Gasteiger partial charge < -0.3 is 23.7 Å². The van der Waals surface area contributed by atoms with Crippen molar-refractivity contribution in [3.63, 3.8) is 0 Å². The van der Waals surface area contributed by atoms with Gasteiger partial charge in [-0.05, 0) is 30.7 Å². The molecule has 4 rings (SSSR count). The van der Waals surface area contributed by atoms with E-state index in [0.29, 0.717) is 35.4 Å². The predicted molar refractivity (Wildman–Crippen MR) is 107 cm³/mol. The Morgan fingerprint density at radius 3 is 2.62 bits per heavy atom. The lowest BCUT2D eigenvalue weighted by atomic mass is 10.1. The lowest BCUT2D eigenvalue weighted by molar-refractivity contribution is 0.354. The fourth-order valence-electron chi connectivity index (χ4n) is 2.93. The van der Waals surface area contributed by atoms with Crippen LogP contribution in [0.5, 0.6) is 11.5 Å². The average Bonchev–Trinajstić information content (AvgIpc) is 3.43. The maximum Gasteiger partial charge on any atom is 0.223 e. The van der Waals surface area contributed by atoms with Crippen LogP contribution >= 0.6 is 0 Å². The van der Waals surface area contributed by atoms with Gasteiger partial charge in [0.15, 0.2) is 17.3 Å². The number of nitrogens with zero attached hydrogens (tertiary/aromatic N) is 3. The van der Waals surface area contributed by atoms with Gasteiger partial charge in [-0.15, -0.1) is 0 Å². The molecule has 0 aliphatic carbocycles. The topological polar surface area (TPSA) is 95.4 Å². The molecule has 0 fully saturated rings. The van der Waals surface area contributed by atoms with Crippen molar-refractivity contribution < 1.29 is 18.4 Å². The summed E-state index contributed by atoms with van der Waals surface area (Å²) in [6.07, 6.45) is 4.95. The highest BCUT2D eigenvalue weighted by atomic mass is 16.5. The molecule has 8 nitrogen and oxygen atoms in total. The normalized spacial score (nSPS) is 10.7. The van der Waals surface area contributed by atoms with E-state index in [9.17, 15) is 0 Å². The van der Waals surface area contributed by atoms with E-state index in [1.807, 2.05) is 37.3 Å². The van der Waals surface area contributed by atoms with Gasteiger partial charge in [-0.25, -0.2) is 9.97 Å². The van der Waals surface area contributed by atoms with Crippen LogP contribution < -0.4 is 14.8 Å². The maximum absolute atomic E-state index is 5.40. The summed E-state index contributed by atoms with van der Waals surface area (Å²) in [4.78, 5) is 9.10. The van der Waals surface area contributed by atoms with E-state index in [4.69, 9.17) is 18.4 Å². The van der Waals surface area contributed by atoms with Crippen molar-refractivity contribution in [2.75, 3.05) is 19.5 Å². The van der Waals surface area contributed by atoms with E-state index in [1.54, 1.807) is 32.9 Å². The molecule has 0 spiro atoms. The van der Waals surface area contributed by atoms with E-state index in [-0.39, 0.29) is 0 Å². The monoisotopic (exact) mass is 392 g/mol. The molecule has 0 atom stereocenters. The van der Waals surface area contributed by atoms with Crippen LogP contribution in [-0.4, -0.2) is 29.3 Å². The van der Waals surface area contributed by atoms with E-state index < -0.39 is 0 Å². The lowest BCUT2D eigenvalue weighted by Crippen LogP contribution is -2.05. The molecule has 8 heteroatoms. The number of aromatic nitrogens is 3. The number of rotatable bonds is 7. The Kier molecular flexibility index (Phi) is 5.15. The first-order chi connectivity index (χ1) is 14.2. The minimum absolute atomic E-state index is 0.482. The molecule has 1 aromatic carbocycles. The lowest BCUT2D eigenvalue weighted by Gasteiger charge is -2.11. The minimum atomic E-state index is 0.482. The molecule has 0 aliphatic heterocycles. The zero-order valence-corrected chi connectivity index (χ0v) is 16.3.